The molecule has 0 aliphatic carbocycles. The molecule has 1 saturated heterocycles. The van der Waals surface area contributed by atoms with Crippen LogP contribution in [0.25, 0.3) is 0 Å². The molecule has 2 aliphatic heterocycles. The molecule has 3 atom stereocenters. The van der Waals surface area contributed by atoms with E-state index in [0.717, 1.165) is 0 Å². The van der Waals surface area contributed by atoms with Gasteiger partial charge in [0.2, 0.25) is 0 Å². The number of amides is 1. The second-order valence-corrected chi connectivity index (χ2v) is 9.46. The third-order valence-corrected chi connectivity index (χ3v) is 6.42. The Hall–Kier alpha value is -1.84. The van der Waals surface area contributed by atoms with E-state index in [9.17, 15) is 9.90 Å². The van der Waals surface area contributed by atoms with Crippen LogP contribution in [0.1, 0.15) is 32.8 Å². The van der Waals surface area contributed by atoms with Crippen LogP contribution in [0, 0.1) is 11.7 Å². The van der Waals surface area contributed by atoms with E-state index in [1.165, 1.54) is 28.8 Å². The molecule has 1 amide bonds. The third kappa shape index (κ3) is 4.22. The summed E-state index contributed by atoms with van der Waals surface area (Å²) in [7, 11) is 1.58. The van der Waals surface area contributed by atoms with Gasteiger partial charge in [-0.3, -0.25) is 4.90 Å². The van der Waals surface area contributed by atoms with Gasteiger partial charge in [0.05, 0.1) is 24.9 Å². The van der Waals surface area contributed by atoms with Crippen molar-refractivity contribution in [2.75, 3.05) is 31.8 Å². The van der Waals surface area contributed by atoms with Crippen molar-refractivity contribution in [3.05, 3.63) is 29.6 Å². The molecule has 1 fully saturated rings. The van der Waals surface area contributed by atoms with E-state index in [0.29, 0.717) is 41.8 Å². The fourth-order valence-corrected chi connectivity index (χ4v) is 5.42. The Bertz CT molecular complexity index is 813. The van der Waals surface area contributed by atoms with Gasteiger partial charge in [-0.15, -0.1) is 0 Å². The van der Waals surface area contributed by atoms with Crippen molar-refractivity contribution >= 4 is 28.7 Å². The summed E-state index contributed by atoms with van der Waals surface area (Å²) in [6.07, 6.45) is -0.989. The lowest BCUT2D eigenvalue weighted by Gasteiger charge is -2.48. The Morgan fingerprint density at radius 3 is 2.86 bits per heavy atom. The molecule has 0 spiro atoms. The number of nitrogen functional groups attached to an aromatic ring is 1. The Balaban J connectivity index is 2.18. The van der Waals surface area contributed by atoms with Crippen LogP contribution in [0.4, 0.5) is 14.9 Å². The summed E-state index contributed by atoms with van der Waals surface area (Å²) in [5.74, 6) is 0.0401. The van der Waals surface area contributed by atoms with Gasteiger partial charge in [-0.25, -0.2) is 14.2 Å². The number of hydrogen-bond donors (Lipinski definition) is 2. The molecule has 0 radical (unpaired) electrons. The van der Waals surface area contributed by atoms with Gasteiger partial charge >= 0.3 is 6.09 Å². The first-order valence-electron chi connectivity index (χ1n) is 9.50. The first-order chi connectivity index (χ1) is 13.6. The molecule has 2 heterocycles. The first-order valence-corrected chi connectivity index (χ1v) is 10.5. The average molecular weight is 426 g/mol. The monoisotopic (exact) mass is 425 g/mol. The number of benzene rings is 1. The highest BCUT2D eigenvalue weighted by molar-refractivity contribution is 8.13. The lowest BCUT2D eigenvalue weighted by Crippen LogP contribution is -2.54. The van der Waals surface area contributed by atoms with E-state index in [1.54, 1.807) is 13.2 Å². The fraction of sp³-hybridized carbons (Fsp3) is 0.600. The minimum atomic E-state index is -1.09. The molecule has 1 aromatic carbocycles. The number of carboxylic acid groups (broad SMARTS) is 1. The SMILES string of the molecule is COC[C@H]1C[C@]2(c3cc(N)ccc3F)N=C(N(C(=O)O)C(C)(C)C)SC[C@@H]2CO1. The summed E-state index contributed by atoms with van der Waals surface area (Å²) in [4.78, 5) is 18.2. The second-order valence-electron chi connectivity index (χ2n) is 8.47. The van der Waals surface area contributed by atoms with Crippen molar-refractivity contribution in [3.63, 3.8) is 0 Å². The van der Waals surface area contributed by atoms with Gasteiger partial charge in [0.25, 0.3) is 0 Å². The van der Waals surface area contributed by atoms with E-state index in [-0.39, 0.29) is 12.0 Å². The van der Waals surface area contributed by atoms with Crippen molar-refractivity contribution in [1.29, 1.82) is 0 Å². The standard InChI is InChI=1S/C20H28FN3O4S/c1-19(2,3)24(18(25)26)17-23-20(15-7-13(22)5-6-16(15)21)8-14(10-27-4)28-9-12(20)11-29-17/h5-7,12,14H,8-11,22H2,1-4H3,(H,25,26)/t12-,14+,20-/m0/s1. The Morgan fingerprint density at radius 2 is 2.24 bits per heavy atom. The minimum absolute atomic E-state index is 0.115. The van der Waals surface area contributed by atoms with Crippen LogP contribution in [0.15, 0.2) is 23.2 Å². The number of aliphatic imine (C=N–C) groups is 1. The van der Waals surface area contributed by atoms with E-state index in [2.05, 4.69) is 0 Å². The number of rotatable bonds is 3. The molecule has 0 aromatic heterocycles. The Morgan fingerprint density at radius 1 is 1.52 bits per heavy atom. The molecule has 1 aromatic rings. The van der Waals surface area contributed by atoms with Crippen molar-refractivity contribution in [1.82, 2.24) is 4.90 Å². The maximum atomic E-state index is 15.0. The van der Waals surface area contributed by atoms with Gasteiger partial charge in [-0.1, -0.05) is 11.8 Å². The molecule has 3 N–H and O–H groups in total. The fourth-order valence-electron chi connectivity index (χ4n) is 3.99. The number of thioether (sulfide) groups is 1. The van der Waals surface area contributed by atoms with Crippen molar-refractivity contribution < 1.29 is 23.8 Å². The number of amidine groups is 1. The van der Waals surface area contributed by atoms with Crippen LogP contribution in [0.5, 0.6) is 0 Å². The summed E-state index contributed by atoms with van der Waals surface area (Å²) in [5.41, 5.74) is 5.12. The number of hydrogen-bond acceptors (Lipinski definition) is 6. The number of methoxy groups -OCH3 is 1. The van der Waals surface area contributed by atoms with E-state index in [1.807, 2.05) is 20.8 Å². The van der Waals surface area contributed by atoms with Crippen molar-refractivity contribution in [3.8, 4) is 0 Å². The second kappa shape index (κ2) is 8.12. The summed E-state index contributed by atoms with van der Waals surface area (Å²) in [6, 6.07) is 4.46. The van der Waals surface area contributed by atoms with Gasteiger partial charge in [0.1, 0.15) is 5.82 Å². The molecule has 0 saturated carbocycles. The Kier molecular flexibility index (Phi) is 6.12. The summed E-state index contributed by atoms with van der Waals surface area (Å²) in [6.45, 7) is 6.15. The predicted octanol–water partition coefficient (Wildman–Crippen LogP) is 3.54. The van der Waals surface area contributed by atoms with Gasteiger partial charge in [0.15, 0.2) is 5.17 Å². The molecule has 29 heavy (non-hydrogen) atoms. The molecule has 9 heteroatoms. The highest BCUT2D eigenvalue weighted by Crippen LogP contribution is 2.49. The Labute approximate surface area is 174 Å². The van der Waals surface area contributed by atoms with Crippen LogP contribution in [-0.4, -0.2) is 59.0 Å². The summed E-state index contributed by atoms with van der Waals surface area (Å²) < 4.78 is 26.2. The smallest absolute Gasteiger partial charge is 0.413 e. The van der Waals surface area contributed by atoms with Crippen LogP contribution >= 0.6 is 11.8 Å². The molecule has 2 aliphatic rings. The summed E-state index contributed by atoms with van der Waals surface area (Å²) in [5, 5.41) is 10.2. The molecule has 160 valence electrons. The topological polar surface area (TPSA) is 97.4 Å². The number of nitrogens with two attached hydrogens (primary N) is 1. The molecule has 7 nitrogen and oxygen atoms in total. The van der Waals surface area contributed by atoms with Crippen LogP contribution in [-0.2, 0) is 15.0 Å². The van der Waals surface area contributed by atoms with Crippen LogP contribution < -0.4 is 5.73 Å². The number of fused-ring (bicyclic) bond motifs is 1. The van der Waals surface area contributed by atoms with Crippen molar-refractivity contribution in [2.24, 2.45) is 10.9 Å². The quantitative estimate of drug-likeness (QED) is 0.719. The zero-order chi connectivity index (χ0) is 21.4. The number of anilines is 1. The van der Waals surface area contributed by atoms with E-state index >= 15 is 4.39 Å². The van der Waals surface area contributed by atoms with Gasteiger partial charge in [-0.05, 0) is 39.0 Å². The lowest BCUT2D eigenvalue weighted by atomic mass is 9.73. The minimum Gasteiger partial charge on any atom is -0.465 e. The zero-order valence-corrected chi connectivity index (χ0v) is 18.0. The number of nitrogens with zero attached hydrogens (tertiary/aromatic N) is 2. The predicted molar refractivity (Wildman–Crippen MR) is 112 cm³/mol. The molecule has 0 bridgehead atoms. The molecule has 3 rings (SSSR count). The maximum Gasteiger partial charge on any atom is 0.413 e. The maximum absolute atomic E-state index is 15.0. The molecular weight excluding hydrogens is 397 g/mol. The van der Waals surface area contributed by atoms with Gasteiger partial charge < -0.3 is 20.3 Å². The van der Waals surface area contributed by atoms with Gasteiger partial charge in [-0.2, -0.15) is 0 Å². The normalized spacial score (nSPS) is 27.1. The van der Waals surface area contributed by atoms with E-state index < -0.39 is 23.0 Å². The average Bonchev–Trinajstić information content (AvgIpc) is 2.62. The summed E-state index contributed by atoms with van der Waals surface area (Å²) >= 11 is 1.36. The highest BCUT2D eigenvalue weighted by atomic mass is 32.2. The molecule has 0 unspecified atom stereocenters. The van der Waals surface area contributed by atoms with Gasteiger partial charge in [0, 0.05) is 42.0 Å². The van der Waals surface area contributed by atoms with Crippen LogP contribution in [0.2, 0.25) is 0 Å². The number of halogens is 1. The highest BCUT2D eigenvalue weighted by Gasteiger charge is 2.51. The largest absolute Gasteiger partial charge is 0.465 e. The molecular formula is C20H28FN3O4S. The first kappa shape index (κ1) is 21.9. The zero-order valence-electron chi connectivity index (χ0n) is 17.1. The van der Waals surface area contributed by atoms with Crippen LogP contribution in [0.3, 0.4) is 0 Å². The number of carbonyl (C=O) groups is 1. The van der Waals surface area contributed by atoms with E-state index in [4.69, 9.17) is 20.2 Å². The lowest BCUT2D eigenvalue weighted by molar-refractivity contribution is -0.0815. The van der Waals surface area contributed by atoms with Crippen molar-refractivity contribution in [2.45, 2.75) is 44.4 Å². The number of ether oxygens (including phenoxy) is 2. The third-order valence-electron chi connectivity index (χ3n) is 5.32.